The molecule has 2 rings (SSSR count). The number of thiocarbonyl (C=S) groups is 1. The van der Waals surface area contributed by atoms with Gasteiger partial charge in [0.1, 0.15) is 10.8 Å². The van der Waals surface area contributed by atoms with Gasteiger partial charge in [-0.3, -0.25) is 4.98 Å². The van der Waals surface area contributed by atoms with Crippen LogP contribution in [0.3, 0.4) is 0 Å². The number of benzene rings is 1. The van der Waals surface area contributed by atoms with Crippen molar-refractivity contribution in [1.29, 1.82) is 0 Å². The topological polar surface area (TPSA) is 50.9 Å². The minimum atomic E-state index is -0.369. The Hall–Kier alpha value is -2.01. The summed E-state index contributed by atoms with van der Waals surface area (Å²) in [5, 5.41) is 3.11. The number of nitrogens with one attached hydrogen (secondary N) is 1. The average molecular weight is 275 g/mol. The molecule has 0 radical (unpaired) electrons. The molecular weight excluding hydrogens is 261 g/mol. The van der Waals surface area contributed by atoms with Gasteiger partial charge in [-0.2, -0.15) is 0 Å². The summed E-state index contributed by atoms with van der Waals surface area (Å²) in [5.74, 6) is -0.369. The standard InChI is InChI=1S/C14H14FN3S/c1-9(10-4-6-17-7-5-10)18-13-3-2-11(14(16)19)8-12(13)15/h2-9,18H,1H3,(H2,16,19). The number of aromatic nitrogens is 1. The van der Waals surface area contributed by atoms with Crippen molar-refractivity contribution in [2.75, 3.05) is 5.32 Å². The number of rotatable bonds is 4. The molecule has 98 valence electrons. The second kappa shape index (κ2) is 5.75. The van der Waals surface area contributed by atoms with Crippen LogP contribution in [0, 0.1) is 5.82 Å². The lowest BCUT2D eigenvalue weighted by Gasteiger charge is -2.16. The summed E-state index contributed by atoms with van der Waals surface area (Å²) in [5.41, 5.74) is 7.44. The molecule has 0 amide bonds. The maximum atomic E-state index is 13.9. The zero-order chi connectivity index (χ0) is 13.8. The van der Waals surface area contributed by atoms with Gasteiger partial charge >= 0.3 is 0 Å². The third-order valence-corrected chi connectivity index (χ3v) is 3.07. The zero-order valence-corrected chi connectivity index (χ0v) is 11.2. The number of halogens is 1. The maximum absolute atomic E-state index is 13.9. The van der Waals surface area contributed by atoms with Crippen molar-refractivity contribution >= 4 is 22.9 Å². The molecule has 1 aromatic heterocycles. The van der Waals surface area contributed by atoms with Crippen LogP contribution < -0.4 is 11.1 Å². The molecule has 0 spiro atoms. The number of anilines is 1. The van der Waals surface area contributed by atoms with Crippen molar-refractivity contribution in [2.24, 2.45) is 5.73 Å². The average Bonchev–Trinajstić information content (AvgIpc) is 2.41. The van der Waals surface area contributed by atoms with Crippen LogP contribution >= 0.6 is 12.2 Å². The van der Waals surface area contributed by atoms with Crippen LogP contribution in [-0.2, 0) is 0 Å². The van der Waals surface area contributed by atoms with E-state index in [0.29, 0.717) is 11.3 Å². The molecule has 1 heterocycles. The largest absolute Gasteiger partial charge is 0.389 e. The quantitative estimate of drug-likeness (QED) is 0.842. The molecule has 0 bridgehead atoms. The molecule has 0 fully saturated rings. The number of nitrogens with two attached hydrogens (primary N) is 1. The molecule has 3 nitrogen and oxygen atoms in total. The van der Waals surface area contributed by atoms with Crippen LogP contribution in [0.1, 0.15) is 24.1 Å². The molecule has 0 saturated heterocycles. The molecule has 0 aliphatic heterocycles. The fourth-order valence-electron chi connectivity index (χ4n) is 1.75. The molecule has 2 aromatic rings. The lowest BCUT2D eigenvalue weighted by atomic mass is 10.1. The Morgan fingerprint density at radius 3 is 2.58 bits per heavy atom. The fourth-order valence-corrected chi connectivity index (χ4v) is 1.88. The monoisotopic (exact) mass is 275 g/mol. The Kier molecular flexibility index (Phi) is 4.06. The summed E-state index contributed by atoms with van der Waals surface area (Å²) in [7, 11) is 0. The summed E-state index contributed by atoms with van der Waals surface area (Å²) in [6.07, 6.45) is 3.42. The SMILES string of the molecule is CC(Nc1ccc(C(N)=S)cc1F)c1ccncc1. The zero-order valence-electron chi connectivity index (χ0n) is 10.4. The fraction of sp³-hybridized carbons (Fsp3) is 0.143. The lowest BCUT2D eigenvalue weighted by molar-refractivity contribution is 0.627. The van der Waals surface area contributed by atoms with E-state index in [-0.39, 0.29) is 16.8 Å². The molecular formula is C14H14FN3S. The van der Waals surface area contributed by atoms with Crippen molar-refractivity contribution in [3.05, 3.63) is 59.7 Å². The van der Waals surface area contributed by atoms with Crippen LogP contribution in [0.25, 0.3) is 0 Å². The molecule has 1 atom stereocenters. The minimum absolute atomic E-state index is 0.0202. The first kappa shape index (κ1) is 13.4. The maximum Gasteiger partial charge on any atom is 0.147 e. The third-order valence-electron chi connectivity index (χ3n) is 2.83. The number of hydrogen-bond donors (Lipinski definition) is 2. The van der Waals surface area contributed by atoms with Crippen LogP contribution in [0.5, 0.6) is 0 Å². The van der Waals surface area contributed by atoms with Crippen LogP contribution in [0.2, 0.25) is 0 Å². The van der Waals surface area contributed by atoms with Crippen molar-refractivity contribution in [1.82, 2.24) is 4.98 Å². The Labute approximate surface area is 116 Å². The van der Waals surface area contributed by atoms with Gasteiger partial charge in [-0.15, -0.1) is 0 Å². The molecule has 3 N–H and O–H groups in total. The van der Waals surface area contributed by atoms with E-state index in [1.54, 1.807) is 24.5 Å². The Bertz CT molecular complexity index is 586. The van der Waals surface area contributed by atoms with Gasteiger partial charge in [0.2, 0.25) is 0 Å². The highest BCUT2D eigenvalue weighted by atomic mass is 32.1. The summed E-state index contributed by atoms with van der Waals surface area (Å²) in [6.45, 7) is 1.95. The van der Waals surface area contributed by atoms with Crippen LogP contribution in [0.15, 0.2) is 42.7 Å². The van der Waals surface area contributed by atoms with Gasteiger partial charge in [-0.05, 0) is 42.8 Å². The van der Waals surface area contributed by atoms with Crippen molar-refractivity contribution in [3.63, 3.8) is 0 Å². The highest BCUT2D eigenvalue weighted by Crippen LogP contribution is 2.22. The lowest BCUT2D eigenvalue weighted by Crippen LogP contribution is -2.11. The van der Waals surface area contributed by atoms with Gasteiger partial charge in [0, 0.05) is 24.0 Å². The number of hydrogen-bond acceptors (Lipinski definition) is 3. The van der Waals surface area contributed by atoms with E-state index in [1.165, 1.54) is 6.07 Å². The third kappa shape index (κ3) is 3.26. The van der Waals surface area contributed by atoms with Crippen molar-refractivity contribution < 1.29 is 4.39 Å². The Morgan fingerprint density at radius 1 is 1.32 bits per heavy atom. The summed E-state index contributed by atoms with van der Waals surface area (Å²) in [6, 6.07) is 8.43. The van der Waals surface area contributed by atoms with E-state index in [1.807, 2.05) is 19.1 Å². The second-order valence-corrected chi connectivity index (χ2v) is 4.65. The first-order chi connectivity index (χ1) is 9.08. The predicted octanol–water partition coefficient (Wildman–Crippen LogP) is 3.03. The van der Waals surface area contributed by atoms with Gasteiger partial charge in [0.15, 0.2) is 0 Å². The first-order valence-electron chi connectivity index (χ1n) is 5.83. The Balaban J connectivity index is 2.18. The van der Waals surface area contributed by atoms with Crippen molar-refractivity contribution in [2.45, 2.75) is 13.0 Å². The first-order valence-corrected chi connectivity index (χ1v) is 6.24. The van der Waals surface area contributed by atoms with E-state index < -0.39 is 0 Å². The highest BCUT2D eigenvalue weighted by molar-refractivity contribution is 7.80. The molecule has 1 unspecified atom stereocenters. The molecule has 19 heavy (non-hydrogen) atoms. The van der Waals surface area contributed by atoms with E-state index in [0.717, 1.165) is 5.56 Å². The predicted molar refractivity (Wildman–Crippen MR) is 78.6 cm³/mol. The molecule has 0 aliphatic rings. The molecule has 5 heteroatoms. The van der Waals surface area contributed by atoms with Crippen LogP contribution in [0.4, 0.5) is 10.1 Å². The van der Waals surface area contributed by atoms with Crippen LogP contribution in [-0.4, -0.2) is 9.97 Å². The molecule has 0 saturated carbocycles. The van der Waals surface area contributed by atoms with Gasteiger partial charge < -0.3 is 11.1 Å². The molecule has 0 aliphatic carbocycles. The smallest absolute Gasteiger partial charge is 0.147 e. The minimum Gasteiger partial charge on any atom is -0.389 e. The van der Waals surface area contributed by atoms with Gasteiger partial charge in [0.05, 0.1) is 5.69 Å². The number of nitrogens with zero attached hydrogens (tertiary/aromatic N) is 1. The van der Waals surface area contributed by atoms with Gasteiger partial charge in [0.25, 0.3) is 0 Å². The second-order valence-electron chi connectivity index (χ2n) is 4.21. The summed E-state index contributed by atoms with van der Waals surface area (Å²) >= 11 is 4.81. The Morgan fingerprint density at radius 2 is 2.00 bits per heavy atom. The summed E-state index contributed by atoms with van der Waals surface area (Å²) in [4.78, 5) is 4.14. The number of pyridine rings is 1. The van der Waals surface area contributed by atoms with Gasteiger partial charge in [-0.1, -0.05) is 12.2 Å². The van der Waals surface area contributed by atoms with E-state index in [4.69, 9.17) is 18.0 Å². The molecule has 1 aromatic carbocycles. The van der Waals surface area contributed by atoms with Crippen molar-refractivity contribution in [3.8, 4) is 0 Å². The van der Waals surface area contributed by atoms with E-state index in [2.05, 4.69) is 10.3 Å². The normalized spacial score (nSPS) is 11.9. The van der Waals surface area contributed by atoms with Gasteiger partial charge in [-0.25, -0.2) is 4.39 Å². The van der Waals surface area contributed by atoms with E-state index in [9.17, 15) is 4.39 Å². The van der Waals surface area contributed by atoms with E-state index >= 15 is 0 Å². The summed E-state index contributed by atoms with van der Waals surface area (Å²) < 4.78 is 13.9. The highest BCUT2D eigenvalue weighted by Gasteiger charge is 2.09.